The Bertz CT molecular complexity index is 549. The molecule has 0 aliphatic heterocycles. The number of thioether (sulfide) groups is 1. The summed E-state index contributed by atoms with van der Waals surface area (Å²) in [7, 11) is 1.93. The third-order valence-corrected chi connectivity index (χ3v) is 4.26. The quantitative estimate of drug-likeness (QED) is 0.861. The van der Waals surface area contributed by atoms with Crippen LogP contribution in [0.5, 0.6) is 0 Å². The summed E-state index contributed by atoms with van der Waals surface area (Å²) in [6.45, 7) is 4.29. The third kappa shape index (κ3) is 2.76. The van der Waals surface area contributed by atoms with Crippen LogP contribution >= 0.6 is 11.8 Å². The van der Waals surface area contributed by atoms with Gasteiger partial charge in [-0.2, -0.15) is 0 Å². The summed E-state index contributed by atoms with van der Waals surface area (Å²) in [5.74, 6) is 0.900. The first-order valence-corrected chi connectivity index (χ1v) is 6.90. The van der Waals surface area contributed by atoms with Gasteiger partial charge in [0.05, 0.1) is 18.5 Å². The Hall–Kier alpha value is -1.26. The van der Waals surface area contributed by atoms with Gasteiger partial charge < -0.3 is 9.67 Å². The van der Waals surface area contributed by atoms with Crippen molar-refractivity contribution in [1.82, 2.24) is 9.55 Å². The maximum Gasteiger partial charge on any atom is 0.168 e. The van der Waals surface area contributed by atoms with Crippen LogP contribution in [-0.2, 0) is 19.4 Å². The van der Waals surface area contributed by atoms with Crippen molar-refractivity contribution >= 4 is 11.8 Å². The highest BCUT2D eigenvalue weighted by molar-refractivity contribution is 7.98. The lowest BCUT2D eigenvalue weighted by Gasteiger charge is -2.06. The standard InChI is InChI=1S/C14H18N2OS/c1-10-4-5-12(6-11(10)2)9-18-14-15-7-13(8-17)16(14)3/h4-7,17H,8-9H2,1-3H3. The predicted molar refractivity (Wildman–Crippen MR) is 74.6 cm³/mol. The minimum absolute atomic E-state index is 0.0354. The molecule has 1 heterocycles. The molecule has 2 aromatic rings. The molecule has 0 saturated heterocycles. The Kier molecular flexibility index (Phi) is 4.09. The summed E-state index contributed by atoms with van der Waals surface area (Å²) in [6.07, 6.45) is 1.72. The molecule has 1 N–H and O–H groups in total. The highest BCUT2D eigenvalue weighted by Crippen LogP contribution is 2.23. The first-order valence-electron chi connectivity index (χ1n) is 5.92. The summed E-state index contributed by atoms with van der Waals surface area (Å²) in [6, 6.07) is 6.53. The van der Waals surface area contributed by atoms with Gasteiger partial charge in [-0.05, 0) is 30.5 Å². The highest BCUT2D eigenvalue weighted by Gasteiger charge is 2.06. The van der Waals surface area contributed by atoms with Crippen LogP contribution in [0, 0.1) is 13.8 Å². The van der Waals surface area contributed by atoms with E-state index in [-0.39, 0.29) is 6.61 Å². The summed E-state index contributed by atoms with van der Waals surface area (Å²) >= 11 is 1.69. The number of hydrogen-bond acceptors (Lipinski definition) is 3. The van der Waals surface area contributed by atoms with E-state index < -0.39 is 0 Å². The summed E-state index contributed by atoms with van der Waals surface area (Å²) in [5, 5.41) is 10.1. The zero-order valence-electron chi connectivity index (χ0n) is 11.0. The van der Waals surface area contributed by atoms with E-state index in [1.165, 1.54) is 16.7 Å². The van der Waals surface area contributed by atoms with E-state index in [2.05, 4.69) is 37.0 Å². The second kappa shape index (κ2) is 5.59. The predicted octanol–water partition coefficient (Wildman–Crippen LogP) is 2.82. The largest absolute Gasteiger partial charge is 0.390 e. The Labute approximate surface area is 112 Å². The third-order valence-electron chi connectivity index (χ3n) is 3.14. The molecule has 18 heavy (non-hydrogen) atoms. The molecule has 0 aliphatic carbocycles. The molecule has 0 aliphatic rings. The van der Waals surface area contributed by atoms with Gasteiger partial charge in [-0.25, -0.2) is 4.98 Å². The van der Waals surface area contributed by atoms with E-state index in [0.29, 0.717) is 0 Å². The molecular weight excluding hydrogens is 244 g/mol. The van der Waals surface area contributed by atoms with Crippen molar-refractivity contribution in [3.8, 4) is 0 Å². The molecule has 96 valence electrons. The fourth-order valence-electron chi connectivity index (χ4n) is 1.75. The van der Waals surface area contributed by atoms with Crippen LogP contribution in [0.15, 0.2) is 29.6 Å². The fourth-order valence-corrected chi connectivity index (χ4v) is 2.66. The molecule has 0 radical (unpaired) electrons. The number of hydrogen-bond donors (Lipinski definition) is 1. The van der Waals surface area contributed by atoms with E-state index in [9.17, 15) is 0 Å². The van der Waals surface area contributed by atoms with Crippen molar-refractivity contribution in [3.63, 3.8) is 0 Å². The Morgan fingerprint density at radius 3 is 2.67 bits per heavy atom. The van der Waals surface area contributed by atoms with Gasteiger partial charge in [0.15, 0.2) is 5.16 Å². The van der Waals surface area contributed by atoms with Crippen molar-refractivity contribution in [3.05, 3.63) is 46.8 Å². The second-order valence-electron chi connectivity index (χ2n) is 4.46. The fraction of sp³-hybridized carbons (Fsp3) is 0.357. The van der Waals surface area contributed by atoms with Gasteiger partial charge in [0.1, 0.15) is 0 Å². The van der Waals surface area contributed by atoms with Crippen LogP contribution in [-0.4, -0.2) is 14.7 Å². The maximum atomic E-state index is 9.11. The summed E-state index contributed by atoms with van der Waals surface area (Å²) < 4.78 is 1.94. The number of benzene rings is 1. The molecule has 0 amide bonds. The van der Waals surface area contributed by atoms with Crippen LogP contribution in [0.25, 0.3) is 0 Å². The van der Waals surface area contributed by atoms with Crippen LogP contribution < -0.4 is 0 Å². The van der Waals surface area contributed by atoms with E-state index in [4.69, 9.17) is 5.11 Å². The molecule has 3 nitrogen and oxygen atoms in total. The molecule has 0 bridgehead atoms. The van der Waals surface area contributed by atoms with E-state index in [1.807, 2.05) is 11.6 Å². The average molecular weight is 262 g/mol. The Morgan fingerprint density at radius 1 is 1.28 bits per heavy atom. The lowest BCUT2D eigenvalue weighted by molar-refractivity contribution is 0.271. The second-order valence-corrected chi connectivity index (χ2v) is 5.40. The van der Waals surface area contributed by atoms with Crippen LogP contribution in [0.2, 0.25) is 0 Å². The Balaban J connectivity index is 2.06. The number of aryl methyl sites for hydroxylation is 2. The van der Waals surface area contributed by atoms with Gasteiger partial charge in [0.25, 0.3) is 0 Å². The van der Waals surface area contributed by atoms with Gasteiger partial charge in [0, 0.05) is 12.8 Å². The molecule has 1 aromatic heterocycles. The van der Waals surface area contributed by atoms with Crippen molar-refractivity contribution in [1.29, 1.82) is 0 Å². The SMILES string of the molecule is Cc1ccc(CSc2ncc(CO)n2C)cc1C. The molecular formula is C14H18N2OS. The minimum atomic E-state index is 0.0354. The number of imidazole rings is 1. The zero-order chi connectivity index (χ0) is 13.1. The van der Waals surface area contributed by atoms with Crippen molar-refractivity contribution in [2.75, 3.05) is 0 Å². The van der Waals surface area contributed by atoms with Gasteiger partial charge in [-0.15, -0.1) is 0 Å². The normalized spacial score (nSPS) is 10.9. The number of aliphatic hydroxyl groups excluding tert-OH is 1. The molecule has 2 rings (SSSR count). The maximum absolute atomic E-state index is 9.11. The molecule has 4 heteroatoms. The van der Waals surface area contributed by atoms with Crippen molar-refractivity contribution < 1.29 is 5.11 Å². The lowest BCUT2D eigenvalue weighted by Crippen LogP contribution is -1.97. The number of nitrogens with zero attached hydrogens (tertiary/aromatic N) is 2. The van der Waals surface area contributed by atoms with E-state index in [0.717, 1.165) is 16.6 Å². The van der Waals surface area contributed by atoms with Crippen molar-refractivity contribution in [2.24, 2.45) is 7.05 Å². The average Bonchev–Trinajstić information content (AvgIpc) is 2.72. The molecule has 0 atom stereocenters. The first-order chi connectivity index (χ1) is 8.61. The van der Waals surface area contributed by atoms with E-state index in [1.54, 1.807) is 18.0 Å². The van der Waals surface area contributed by atoms with Crippen LogP contribution in [0.3, 0.4) is 0 Å². The number of aromatic nitrogens is 2. The monoisotopic (exact) mass is 262 g/mol. The number of aliphatic hydroxyl groups is 1. The van der Waals surface area contributed by atoms with Gasteiger partial charge in [-0.3, -0.25) is 0 Å². The van der Waals surface area contributed by atoms with Gasteiger partial charge in [-0.1, -0.05) is 30.0 Å². The van der Waals surface area contributed by atoms with Gasteiger partial charge in [0.2, 0.25) is 0 Å². The smallest absolute Gasteiger partial charge is 0.168 e. The molecule has 0 unspecified atom stereocenters. The number of rotatable bonds is 4. The molecule has 1 aromatic carbocycles. The summed E-state index contributed by atoms with van der Waals surface area (Å²) in [5.41, 5.74) is 4.79. The van der Waals surface area contributed by atoms with Gasteiger partial charge >= 0.3 is 0 Å². The van der Waals surface area contributed by atoms with E-state index >= 15 is 0 Å². The molecule has 0 fully saturated rings. The van der Waals surface area contributed by atoms with Crippen LogP contribution in [0.1, 0.15) is 22.4 Å². The lowest BCUT2D eigenvalue weighted by atomic mass is 10.1. The Morgan fingerprint density at radius 2 is 2.06 bits per heavy atom. The minimum Gasteiger partial charge on any atom is -0.390 e. The topological polar surface area (TPSA) is 38.1 Å². The highest BCUT2D eigenvalue weighted by atomic mass is 32.2. The molecule has 0 spiro atoms. The summed E-state index contributed by atoms with van der Waals surface area (Å²) in [4.78, 5) is 4.31. The molecule has 0 saturated carbocycles. The van der Waals surface area contributed by atoms with Crippen molar-refractivity contribution in [2.45, 2.75) is 31.4 Å². The first kappa shape index (κ1) is 13.2. The zero-order valence-corrected chi connectivity index (χ0v) is 11.8. The van der Waals surface area contributed by atoms with Crippen LogP contribution in [0.4, 0.5) is 0 Å².